The molecule has 5 N–H and O–H groups in total. The predicted molar refractivity (Wildman–Crippen MR) is 74.1 cm³/mol. The van der Waals surface area contributed by atoms with Crippen molar-refractivity contribution in [1.29, 1.82) is 0 Å². The minimum atomic E-state index is -0.598. The lowest BCUT2D eigenvalue weighted by atomic mass is 9.99. The number of aromatic nitrogens is 5. The Morgan fingerprint density at radius 2 is 2.00 bits per heavy atom. The Morgan fingerprint density at radius 3 is 2.55 bits per heavy atom. The number of anilines is 2. The van der Waals surface area contributed by atoms with E-state index in [2.05, 4.69) is 30.7 Å². The maximum absolute atomic E-state index is 9.73. The summed E-state index contributed by atoms with van der Waals surface area (Å²) in [5.74, 6) is 6.25. The molecule has 1 atom stereocenters. The molecule has 1 unspecified atom stereocenters. The number of nitrogens with zero attached hydrogens (tertiary/aromatic N) is 5. The lowest BCUT2D eigenvalue weighted by Gasteiger charge is -2.29. The van der Waals surface area contributed by atoms with Gasteiger partial charge in [-0.2, -0.15) is 15.0 Å². The van der Waals surface area contributed by atoms with Gasteiger partial charge in [-0.1, -0.05) is 0 Å². The number of hydrazine groups is 1. The van der Waals surface area contributed by atoms with Gasteiger partial charge < -0.3 is 10.4 Å². The number of nitrogens with two attached hydrogens (primary N) is 1. The highest BCUT2D eigenvalue weighted by Gasteiger charge is 2.25. The number of imidazole rings is 1. The topological polar surface area (TPSA) is 127 Å². The molecular formula is C11H18N8O. The van der Waals surface area contributed by atoms with Crippen LogP contribution >= 0.6 is 0 Å². The van der Waals surface area contributed by atoms with Crippen LogP contribution in [-0.4, -0.2) is 41.3 Å². The summed E-state index contributed by atoms with van der Waals surface area (Å²) in [6, 6.07) is 0. The molecule has 20 heavy (non-hydrogen) atoms. The van der Waals surface area contributed by atoms with Crippen molar-refractivity contribution in [2.45, 2.75) is 32.4 Å². The van der Waals surface area contributed by atoms with Crippen molar-refractivity contribution < 1.29 is 5.11 Å². The van der Waals surface area contributed by atoms with Gasteiger partial charge in [0.1, 0.15) is 6.33 Å². The van der Waals surface area contributed by atoms with Crippen molar-refractivity contribution in [3.05, 3.63) is 18.7 Å². The van der Waals surface area contributed by atoms with Crippen LogP contribution < -0.4 is 16.6 Å². The maximum atomic E-state index is 9.73. The fourth-order valence-corrected chi connectivity index (χ4v) is 1.37. The van der Waals surface area contributed by atoms with Crippen LogP contribution in [0.1, 0.15) is 20.8 Å². The molecule has 0 amide bonds. The summed E-state index contributed by atoms with van der Waals surface area (Å²) in [5.41, 5.74) is 1.79. The minimum Gasteiger partial charge on any atom is -0.391 e. The third-order valence-corrected chi connectivity index (χ3v) is 2.97. The fraction of sp³-hybridized carbons (Fsp3) is 0.455. The molecule has 2 rings (SSSR count). The van der Waals surface area contributed by atoms with E-state index in [0.717, 1.165) is 0 Å². The van der Waals surface area contributed by atoms with Gasteiger partial charge in [0.25, 0.3) is 0 Å². The quantitative estimate of drug-likeness (QED) is 0.441. The molecule has 2 aromatic rings. The first kappa shape index (κ1) is 14.2. The number of aliphatic hydroxyl groups excluding tert-OH is 1. The van der Waals surface area contributed by atoms with Gasteiger partial charge in [-0.25, -0.2) is 10.8 Å². The maximum Gasteiger partial charge on any atom is 0.243 e. The molecule has 108 valence electrons. The highest BCUT2D eigenvalue weighted by atomic mass is 16.3. The van der Waals surface area contributed by atoms with E-state index in [1.165, 1.54) is 0 Å². The lowest BCUT2D eigenvalue weighted by molar-refractivity contribution is 0.132. The van der Waals surface area contributed by atoms with E-state index in [1.807, 2.05) is 13.8 Å². The molecule has 9 heteroatoms. The fourth-order valence-electron chi connectivity index (χ4n) is 1.37. The third kappa shape index (κ3) is 3.00. The highest BCUT2D eigenvalue weighted by molar-refractivity contribution is 5.39. The van der Waals surface area contributed by atoms with Crippen LogP contribution in [0.5, 0.6) is 0 Å². The number of rotatable bonds is 5. The summed E-state index contributed by atoms with van der Waals surface area (Å²) >= 11 is 0. The van der Waals surface area contributed by atoms with Crippen molar-refractivity contribution >= 4 is 11.9 Å². The average molecular weight is 278 g/mol. The van der Waals surface area contributed by atoms with Crippen molar-refractivity contribution in [2.75, 3.05) is 10.7 Å². The number of hydrogen-bond acceptors (Lipinski definition) is 8. The number of aliphatic hydroxyl groups is 1. The standard InChI is InChI=1S/C11H18N8O/c1-7(20)11(2,3)17-8-14-9(18-12)16-10(15-8)19-5-4-13-6-19/h4-7,20H,12H2,1-3H3,(H2,14,15,16,17,18). The second-order valence-corrected chi connectivity index (χ2v) is 4.92. The molecule has 0 bridgehead atoms. The normalized spacial score (nSPS) is 13.1. The van der Waals surface area contributed by atoms with Gasteiger partial charge in [0.15, 0.2) is 0 Å². The molecule has 0 aliphatic heterocycles. The van der Waals surface area contributed by atoms with Crippen molar-refractivity contribution in [3.63, 3.8) is 0 Å². The molecule has 2 aromatic heterocycles. The van der Waals surface area contributed by atoms with Gasteiger partial charge in [-0.05, 0) is 20.8 Å². The Balaban J connectivity index is 2.36. The van der Waals surface area contributed by atoms with E-state index in [1.54, 1.807) is 30.2 Å². The highest BCUT2D eigenvalue weighted by Crippen LogP contribution is 2.17. The van der Waals surface area contributed by atoms with Crippen LogP contribution in [0.2, 0.25) is 0 Å². The van der Waals surface area contributed by atoms with Gasteiger partial charge in [0, 0.05) is 12.4 Å². The molecule has 0 aliphatic carbocycles. The predicted octanol–water partition coefficient (Wildman–Crippen LogP) is -0.0858. The van der Waals surface area contributed by atoms with Crippen LogP contribution in [-0.2, 0) is 0 Å². The van der Waals surface area contributed by atoms with E-state index in [9.17, 15) is 5.11 Å². The summed E-state index contributed by atoms with van der Waals surface area (Å²) < 4.78 is 1.63. The first-order valence-electron chi connectivity index (χ1n) is 6.09. The number of nitrogens with one attached hydrogen (secondary N) is 2. The molecule has 0 saturated carbocycles. The van der Waals surface area contributed by atoms with Crippen LogP contribution in [0.25, 0.3) is 5.95 Å². The van der Waals surface area contributed by atoms with Gasteiger partial charge in [-0.15, -0.1) is 0 Å². The Labute approximate surface area is 116 Å². The van der Waals surface area contributed by atoms with Crippen molar-refractivity contribution in [3.8, 4) is 5.95 Å². The summed E-state index contributed by atoms with van der Waals surface area (Å²) in [7, 11) is 0. The van der Waals surface area contributed by atoms with E-state index >= 15 is 0 Å². The van der Waals surface area contributed by atoms with Gasteiger partial charge in [0.05, 0.1) is 11.6 Å². The molecule has 0 aromatic carbocycles. The first-order valence-corrected chi connectivity index (χ1v) is 6.09. The van der Waals surface area contributed by atoms with Gasteiger partial charge >= 0.3 is 0 Å². The van der Waals surface area contributed by atoms with E-state index in [-0.39, 0.29) is 5.95 Å². The molecule has 0 spiro atoms. The van der Waals surface area contributed by atoms with Crippen LogP contribution in [0.3, 0.4) is 0 Å². The SMILES string of the molecule is CC(O)C(C)(C)Nc1nc(NN)nc(-n2ccnc2)n1. The third-order valence-electron chi connectivity index (χ3n) is 2.97. The van der Waals surface area contributed by atoms with Gasteiger partial charge in [0.2, 0.25) is 17.8 Å². The lowest BCUT2D eigenvalue weighted by Crippen LogP contribution is -2.42. The Kier molecular flexibility index (Phi) is 3.81. The summed E-state index contributed by atoms with van der Waals surface area (Å²) in [6.45, 7) is 5.37. The van der Waals surface area contributed by atoms with E-state index in [0.29, 0.717) is 11.9 Å². The monoisotopic (exact) mass is 278 g/mol. The Hall–Kier alpha value is -2.26. The zero-order chi connectivity index (χ0) is 14.8. The largest absolute Gasteiger partial charge is 0.391 e. The van der Waals surface area contributed by atoms with Crippen LogP contribution in [0.15, 0.2) is 18.7 Å². The summed E-state index contributed by atoms with van der Waals surface area (Å²) in [4.78, 5) is 16.5. The molecule has 9 nitrogen and oxygen atoms in total. The summed E-state index contributed by atoms with van der Waals surface area (Å²) in [5, 5.41) is 12.8. The Bertz CT molecular complexity index is 566. The van der Waals surface area contributed by atoms with Gasteiger partial charge in [-0.3, -0.25) is 9.99 Å². The molecule has 0 aliphatic rings. The second kappa shape index (κ2) is 5.39. The van der Waals surface area contributed by atoms with Crippen molar-refractivity contribution in [1.82, 2.24) is 24.5 Å². The van der Waals surface area contributed by atoms with E-state index in [4.69, 9.17) is 5.84 Å². The number of nitrogen functional groups attached to an aromatic ring is 1. The summed E-state index contributed by atoms with van der Waals surface area (Å²) in [6.07, 6.45) is 4.30. The smallest absolute Gasteiger partial charge is 0.243 e. The number of hydrogen-bond donors (Lipinski definition) is 4. The molecule has 0 saturated heterocycles. The minimum absolute atomic E-state index is 0.215. The molecule has 0 fully saturated rings. The Morgan fingerprint density at radius 1 is 1.30 bits per heavy atom. The zero-order valence-corrected chi connectivity index (χ0v) is 11.6. The molecule has 2 heterocycles. The molecular weight excluding hydrogens is 260 g/mol. The molecule has 0 radical (unpaired) electrons. The first-order chi connectivity index (χ1) is 9.42. The van der Waals surface area contributed by atoms with Crippen LogP contribution in [0, 0.1) is 0 Å². The average Bonchev–Trinajstić information content (AvgIpc) is 2.91. The zero-order valence-electron chi connectivity index (χ0n) is 11.6. The van der Waals surface area contributed by atoms with E-state index < -0.39 is 11.6 Å². The van der Waals surface area contributed by atoms with Crippen molar-refractivity contribution in [2.24, 2.45) is 5.84 Å². The van der Waals surface area contributed by atoms with Crippen LogP contribution in [0.4, 0.5) is 11.9 Å². The second-order valence-electron chi connectivity index (χ2n) is 4.92.